The summed E-state index contributed by atoms with van der Waals surface area (Å²) in [4.78, 5) is 34.9. The van der Waals surface area contributed by atoms with Gasteiger partial charge >= 0.3 is 5.97 Å². The number of nitrogens with one attached hydrogen (secondary N) is 1. The highest BCUT2D eigenvalue weighted by molar-refractivity contribution is 6.30. The monoisotopic (exact) mass is 416 g/mol. The van der Waals surface area contributed by atoms with Crippen LogP contribution >= 0.6 is 11.6 Å². The Labute approximate surface area is 175 Å². The third-order valence-corrected chi connectivity index (χ3v) is 4.51. The van der Waals surface area contributed by atoms with Crippen LogP contribution in [0.5, 0.6) is 0 Å². The summed E-state index contributed by atoms with van der Waals surface area (Å²) >= 11 is 6.05. The van der Waals surface area contributed by atoms with E-state index in [4.69, 9.17) is 22.1 Å². The molecule has 0 bridgehead atoms. The zero-order valence-corrected chi connectivity index (χ0v) is 17.1. The van der Waals surface area contributed by atoms with E-state index in [9.17, 15) is 14.4 Å². The molecule has 154 valence electrons. The fraction of sp³-hybridized carbons (Fsp3) is 0.318. The summed E-state index contributed by atoms with van der Waals surface area (Å²) in [6.45, 7) is 2.00. The van der Waals surface area contributed by atoms with Crippen molar-refractivity contribution in [3.63, 3.8) is 0 Å². The van der Waals surface area contributed by atoms with Gasteiger partial charge in [0.2, 0.25) is 11.8 Å². The molecule has 0 unspecified atom stereocenters. The molecule has 2 amide bonds. The summed E-state index contributed by atoms with van der Waals surface area (Å²) in [7, 11) is 0. The van der Waals surface area contributed by atoms with E-state index in [1.54, 1.807) is 6.92 Å². The number of amides is 2. The molecule has 0 aliphatic rings. The van der Waals surface area contributed by atoms with Crippen LogP contribution in [0.25, 0.3) is 11.1 Å². The first-order valence-electron chi connectivity index (χ1n) is 9.45. The van der Waals surface area contributed by atoms with E-state index in [-0.39, 0.29) is 37.7 Å². The van der Waals surface area contributed by atoms with Gasteiger partial charge in [-0.25, -0.2) is 0 Å². The largest absolute Gasteiger partial charge is 0.466 e. The molecule has 2 rings (SSSR count). The number of halogens is 1. The van der Waals surface area contributed by atoms with Gasteiger partial charge in [-0.15, -0.1) is 0 Å². The van der Waals surface area contributed by atoms with Gasteiger partial charge in [0.05, 0.1) is 13.0 Å². The summed E-state index contributed by atoms with van der Waals surface area (Å²) in [5.74, 6) is -1.25. The summed E-state index contributed by atoms with van der Waals surface area (Å²) in [6, 6.07) is 15.0. The second-order valence-electron chi connectivity index (χ2n) is 6.65. The minimum atomic E-state index is -0.543. The quantitative estimate of drug-likeness (QED) is 0.581. The fourth-order valence-electron chi connectivity index (χ4n) is 2.92. The third kappa shape index (κ3) is 7.95. The van der Waals surface area contributed by atoms with Gasteiger partial charge in [0.25, 0.3) is 0 Å². The van der Waals surface area contributed by atoms with Crippen LogP contribution in [0.15, 0.2) is 48.5 Å². The Balaban J connectivity index is 2.07. The molecule has 0 radical (unpaired) electrons. The summed E-state index contributed by atoms with van der Waals surface area (Å²) in [5.41, 5.74) is 8.07. The highest BCUT2D eigenvalue weighted by atomic mass is 35.5. The molecule has 1 atom stereocenters. The number of rotatable bonds is 10. The Morgan fingerprint density at radius 2 is 1.79 bits per heavy atom. The van der Waals surface area contributed by atoms with E-state index >= 15 is 0 Å². The summed E-state index contributed by atoms with van der Waals surface area (Å²) in [6.07, 6.45) is 0.456. The molecule has 6 nitrogen and oxygen atoms in total. The maximum atomic E-state index is 12.1. The molecule has 0 fully saturated rings. The molecule has 0 saturated carbocycles. The fourth-order valence-corrected chi connectivity index (χ4v) is 3.11. The van der Waals surface area contributed by atoms with Gasteiger partial charge in [-0.2, -0.15) is 0 Å². The number of ether oxygens (including phenoxy) is 1. The molecular weight excluding hydrogens is 392 g/mol. The average molecular weight is 417 g/mol. The lowest BCUT2D eigenvalue weighted by molar-refractivity contribution is -0.143. The van der Waals surface area contributed by atoms with Crippen molar-refractivity contribution in [2.24, 2.45) is 5.73 Å². The molecule has 29 heavy (non-hydrogen) atoms. The normalized spacial score (nSPS) is 11.5. The van der Waals surface area contributed by atoms with Crippen molar-refractivity contribution in [2.75, 3.05) is 6.61 Å². The first kappa shape index (κ1) is 22.4. The van der Waals surface area contributed by atoms with E-state index in [0.29, 0.717) is 11.4 Å². The van der Waals surface area contributed by atoms with Gasteiger partial charge in [-0.1, -0.05) is 48.0 Å². The first-order valence-corrected chi connectivity index (χ1v) is 9.83. The van der Waals surface area contributed by atoms with Crippen LogP contribution in [0, 0.1) is 0 Å². The molecule has 0 aliphatic carbocycles. The van der Waals surface area contributed by atoms with E-state index in [0.717, 1.165) is 16.7 Å². The third-order valence-electron chi connectivity index (χ3n) is 4.28. The predicted octanol–water partition coefficient (Wildman–Crippen LogP) is 3.25. The van der Waals surface area contributed by atoms with Gasteiger partial charge < -0.3 is 15.8 Å². The Kier molecular flexibility index (Phi) is 8.68. The minimum Gasteiger partial charge on any atom is -0.466 e. The van der Waals surface area contributed by atoms with Crippen LogP contribution in [-0.2, 0) is 25.5 Å². The molecule has 0 aromatic heterocycles. The van der Waals surface area contributed by atoms with Crippen molar-refractivity contribution >= 4 is 29.4 Å². The van der Waals surface area contributed by atoms with Crippen LogP contribution in [0.2, 0.25) is 5.02 Å². The van der Waals surface area contributed by atoms with Crippen LogP contribution in [0.4, 0.5) is 0 Å². The van der Waals surface area contributed by atoms with Gasteiger partial charge in [-0.3, -0.25) is 14.4 Å². The molecule has 3 N–H and O–H groups in total. The van der Waals surface area contributed by atoms with E-state index < -0.39 is 11.9 Å². The number of carbonyl (C=O) groups is 3. The van der Waals surface area contributed by atoms with Crippen LogP contribution in [-0.4, -0.2) is 30.4 Å². The number of primary amides is 1. The maximum Gasteiger partial charge on any atom is 0.307 e. The van der Waals surface area contributed by atoms with Crippen molar-refractivity contribution in [2.45, 2.75) is 38.6 Å². The average Bonchev–Trinajstić information content (AvgIpc) is 2.67. The van der Waals surface area contributed by atoms with Crippen molar-refractivity contribution in [3.05, 3.63) is 59.1 Å². The molecule has 2 aromatic rings. The smallest absolute Gasteiger partial charge is 0.307 e. The number of hydrogen-bond donors (Lipinski definition) is 2. The Hall–Kier alpha value is -2.86. The van der Waals surface area contributed by atoms with E-state index in [1.165, 1.54) is 0 Å². The van der Waals surface area contributed by atoms with Crippen molar-refractivity contribution in [1.29, 1.82) is 0 Å². The molecule has 0 spiro atoms. The Morgan fingerprint density at radius 3 is 2.41 bits per heavy atom. The van der Waals surface area contributed by atoms with Crippen LogP contribution < -0.4 is 11.1 Å². The standard InChI is InChI=1S/C22H25ClN2O4/c1-2-29-22(28)14-19(25-21(27)11-10-20(24)26)12-15-6-8-16(9-7-15)17-4-3-5-18(23)13-17/h3-9,13,19H,2,10-12,14H2,1H3,(H2,24,26)(H,25,27)/t19-/m1/s1. The zero-order chi connectivity index (χ0) is 21.2. The van der Waals surface area contributed by atoms with Gasteiger partial charge in [0.1, 0.15) is 0 Å². The molecule has 2 aromatic carbocycles. The first-order chi connectivity index (χ1) is 13.9. The lowest BCUT2D eigenvalue weighted by atomic mass is 9.99. The second kappa shape index (κ2) is 11.2. The molecule has 7 heteroatoms. The molecule has 0 aliphatic heterocycles. The number of esters is 1. The summed E-state index contributed by atoms with van der Waals surface area (Å²) < 4.78 is 5.00. The lowest BCUT2D eigenvalue weighted by Gasteiger charge is -2.18. The van der Waals surface area contributed by atoms with Gasteiger partial charge in [-0.05, 0) is 42.2 Å². The topological polar surface area (TPSA) is 98.5 Å². The van der Waals surface area contributed by atoms with Crippen LogP contribution in [0.1, 0.15) is 31.7 Å². The molecule has 0 heterocycles. The zero-order valence-electron chi connectivity index (χ0n) is 16.3. The van der Waals surface area contributed by atoms with Crippen molar-refractivity contribution < 1.29 is 19.1 Å². The number of benzene rings is 2. The number of nitrogens with two attached hydrogens (primary N) is 1. The summed E-state index contributed by atoms with van der Waals surface area (Å²) in [5, 5.41) is 3.47. The Bertz CT molecular complexity index is 852. The highest BCUT2D eigenvalue weighted by Crippen LogP contribution is 2.23. The Morgan fingerprint density at radius 1 is 1.07 bits per heavy atom. The number of hydrogen-bond acceptors (Lipinski definition) is 4. The molecular formula is C22H25ClN2O4. The number of carbonyl (C=O) groups excluding carboxylic acids is 3. The van der Waals surface area contributed by atoms with Crippen molar-refractivity contribution in [3.8, 4) is 11.1 Å². The molecule has 0 saturated heterocycles. The minimum absolute atomic E-state index is 0.0115. The second-order valence-corrected chi connectivity index (χ2v) is 7.09. The van der Waals surface area contributed by atoms with Crippen molar-refractivity contribution in [1.82, 2.24) is 5.32 Å². The lowest BCUT2D eigenvalue weighted by Crippen LogP contribution is -2.38. The van der Waals surface area contributed by atoms with Crippen LogP contribution in [0.3, 0.4) is 0 Å². The maximum absolute atomic E-state index is 12.1. The predicted molar refractivity (Wildman–Crippen MR) is 112 cm³/mol. The van der Waals surface area contributed by atoms with E-state index in [1.807, 2.05) is 48.5 Å². The van der Waals surface area contributed by atoms with Gasteiger partial charge in [0, 0.05) is 23.9 Å². The van der Waals surface area contributed by atoms with Gasteiger partial charge in [0.15, 0.2) is 0 Å². The highest BCUT2D eigenvalue weighted by Gasteiger charge is 2.18. The van der Waals surface area contributed by atoms with E-state index in [2.05, 4.69) is 5.32 Å². The SMILES string of the molecule is CCOC(=O)C[C@@H](Cc1ccc(-c2cccc(Cl)c2)cc1)NC(=O)CCC(N)=O.